The van der Waals surface area contributed by atoms with Crippen LogP contribution in [0.1, 0.15) is 31.4 Å². The van der Waals surface area contributed by atoms with E-state index in [2.05, 4.69) is 19.2 Å². The number of benzene rings is 3. The van der Waals surface area contributed by atoms with Gasteiger partial charge in [0.2, 0.25) is 11.8 Å². The smallest absolute Gasteiger partial charge is 0.243 e. The third kappa shape index (κ3) is 9.08. The zero-order valence-corrected chi connectivity index (χ0v) is 21.9. The summed E-state index contributed by atoms with van der Waals surface area (Å²) in [6.07, 6.45) is 0.797. The summed E-state index contributed by atoms with van der Waals surface area (Å²) in [6.45, 7) is 5.03. The standard InChI is InChI=1S/C29H33ClN2O2S/c1-22(2)20-31-29(34)27(19-23-9-5-3-6-10-23)32(21-24-13-15-25(30)16-14-24)28(33)17-18-35-26-11-7-4-8-12-26/h3-16,22,27H,17-21H2,1-2H3,(H,31,34)/t27-/m0/s1. The maximum atomic E-state index is 13.6. The quantitative estimate of drug-likeness (QED) is 0.295. The lowest BCUT2D eigenvalue weighted by Crippen LogP contribution is -2.51. The van der Waals surface area contributed by atoms with Crippen molar-refractivity contribution in [3.05, 3.63) is 101 Å². The monoisotopic (exact) mass is 508 g/mol. The molecule has 0 saturated heterocycles. The van der Waals surface area contributed by atoms with Gasteiger partial charge in [0.25, 0.3) is 0 Å². The molecule has 0 heterocycles. The number of amides is 2. The Bertz CT molecular complexity index is 1060. The second-order valence-electron chi connectivity index (χ2n) is 8.90. The lowest BCUT2D eigenvalue weighted by molar-refractivity contribution is -0.141. The van der Waals surface area contributed by atoms with E-state index < -0.39 is 6.04 Å². The Balaban J connectivity index is 1.83. The number of carbonyl (C=O) groups is 2. The van der Waals surface area contributed by atoms with Crippen molar-refractivity contribution in [3.8, 4) is 0 Å². The molecule has 3 rings (SSSR count). The van der Waals surface area contributed by atoms with E-state index in [4.69, 9.17) is 11.6 Å². The van der Waals surface area contributed by atoms with Crippen LogP contribution in [0.4, 0.5) is 0 Å². The van der Waals surface area contributed by atoms with Crippen molar-refractivity contribution >= 4 is 35.2 Å². The number of hydrogen-bond donors (Lipinski definition) is 1. The van der Waals surface area contributed by atoms with Gasteiger partial charge in [0.15, 0.2) is 0 Å². The minimum atomic E-state index is -0.610. The van der Waals surface area contributed by atoms with Gasteiger partial charge < -0.3 is 10.2 Å². The summed E-state index contributed by atoms with van der Waals surface area (Å²) in [5, 5.41) is 3.70. The normalized spacial score (nSPS) is 11.8. The van der Waals surface area contributed by atoms with E-state index in [1.165, 1.54) is 0 Å². The predicted molar refractivity (Wildman–Crippen MR) is 146 cm³/mol. The van der Waals surface area contributed by atoms with E-state index in [9.17, 15) is 9.59 Å². The van der Waals surface area contributed by atoms with Crippen molar-refractivity contribution in [2.24, 2.45) is 5.92 Å². The molecule has 35 heavy (non-hydrogen) atoms. The number of rotatable bonds is 12. The van der Waals surface area contributed by atoms with Gasteiger partial charge in [-0.05, 0) is 41.3 Å². The fourth-order valence-corrected chi connectivity index (χ4v) is 4.67. The zero-order valence-electron chi connectivity index (χ0n) is 20.3. The number of thioether (sulfide) groups is 1. The van der Waals surface area contributed by atoms with Crippen LogP contribution < -0.4 is 5.32 Å². The molecule has 0 aliphatic rings. The minimum Gasteiger partial charge on any atom is -0.354 e. The molecule has 1 N–H and O–H groups in total. The lowest BCUT2D eigenvalue weighted by Gasteiger charge is -2.32. The fraction of sp³-hybridized carbons (Fsp3) is 0.310. The first kappa shape index (κ1) is 26.8. The first-order valence-electron chi connectivity index (χ1n) is 12.0. The summed E-state index contributed by atoms with van der Waals surface area (Å²) in [5.41, 5.74) is 1.96. The second-order valence-corrected chi connectivity index (χ2v) is 10.5. The molecular formula is C29H33ClN2O2S. The first-order valence-corrected chi connectivity index (χ1v) is 13.3. The lowest BCUT2D eigenvalue weighted by atomic mass is 10.0. The molecule has 0 bridgehead atoms. The van der Waals surface area contributed by atoms with Crippen molar-refractivity contribution in [3.63, 3.8) is 0 Å². The Morgan fingerprint density at radius 2 is 1.51 bits per heavy atom. The number of nitrogens with one attached hydrogen (secondary N) is 1. The van der Waals surface area contributed by atoms with Gasteiger partial charge in [-0.25, -0.2) is 0 Å². The number of halogens is 1. The topological polar surface area (TPSA) is 49.4 Å². The van der Waals surface area contributed by atoms with Crippen molar-refractivity contribution in [1.29, 1.82) is 0 Å². The molecule has 0 saturated carbocycles. The molecule has 2 amide bonds. The number of carbonyl (C=O) groups excluding carboxylic acids is 2. The summed E-state index contributed by atoms with van der Waals surface area (Å²) >= 11 is 7.73. The van der Waals surface area contributed by atoms with Crippen molar-refractivity contribution in [2.45, 2.75) is 44.2 Å². The molecule has 0 aliphatic carbocycles. The van der Waals surface area contributed by atoms with Crippen LogP contribution >= 0.6 is 23.4 Å². The third-order valence-corrected chi connectivity index (χ3v) is 6.82. The van der Waals surface area contributed by atoms with Crippen LogP contribution in [-0.4, -0.2) is 35.1 Å². The maximum Gasteiger partial charge on any atom is 0.243 e. The van der Waals surface area contributed by atoms with Gasteiger partial charge in [0, 0.05) is 41.6 Å². The Kier molecular flexibility index (Phi) is 10.7. The van der Waals surface area contributed by atoms with Gasteiger partial charge in [-0.2, -0.15) is 0 Å². The van der Waals surface area contributed by atoms with Crippen LogP contribution in [0.15, 0.2) is 89.8 Å². The third-order valence-electron chi connectivity index (χ3n) is 5.55. The molecule has 0 radical (unpaired) electrons. The highest BCUT2D eigenvalue weighted by Crippen LogP contribution is 2.21. The largest absolute Gasteiger partial charge is 0.354 e. The fourth-order valence-electron chi connectivity index (χ4n) is 3.68. The van der Waals surface area contributed by atoms with Crippen molar-refractivity contribution in [2.75, 3.05) is 12.3 Å². The molecule has 3 aromatic rings. The number of nitrogens with zero attached hydrogens (tertiary/aromatic N) is 1. The molecule has 3 aromatic carbocycles. The summed E-state index contributed by atoms with van der Waals surface area (Å²) in [4.78, 5) is 29.9. The molecule has 6 heteroatoms. The average molecular weight is 509 g/mol. The van der Waals surface area contributed by atoms with Gasteiger partial charge >= 0.3 is 0 Å². The van der Waals surface area contributed by atoms with Gasteiger partial charge in [-0.3, -0.25) is 9.59 Å². The highest BCUT2D eigenvalue weighted by Gasteiger charge is 2.30. The molecule has 4 nitrogen and oxygen atoms in total. The Labute approximate surface area is 218 Å². The molecule has 0 unspecified atom stereocenters. The van der Waals surface area contributed by atoms with E-state index in [0.29, 0.717) is 42.6 Å². The summed E-state index contributed by atoms with van der Waals surface area (Å²) in [7, 11) is 0. The van der Waals surface area contributed by atoms with E-state index in [-0.39, 0.29) is 11.8 Å². The van der Waals surface area contributed by atoms with Gasteiger partial charge in [0.1, 0.15) is 6.04 Å². The van der Waals surface area contributed by atoms with Crippen LogP contribution in [0, 0.1) is 5.92 Å². The van der Waals surface area contributed by atoms with Crippen LogP contribution in [0.25, 0.3) is 0 Å². The Morgan fingerprint density at radius 1 is 0.886 bits per heavy atom. The van der Waals surface area contributed by atoms with E-state index in [0.717, 1.165) is 16.0 Å². The van der Waals surface area contributed by atoms with Crippen LogP contribution in [0.2, 0.25) is 5.02 Å². The first-order chi connectivity index (χ1) is 16.9. The Morgan fingerprint density at radius 3 is 2.14 bits per heavy atom. The van der Waals surface area contributed by atoms with Gasteiger partial charge in [-0.15, -0.1) is 11.8 Å². The van der Waals surface area contributed by atoms with E-state index in [1.807, 2.05) is 84.9 Å². The van der Waals surface area contributed by atoms with Gasteiger partial charge in [0.05, 0.1) is 0 Å². The molecular weight excluding hydrogens is 476 g/mol. The highest BCUT2D eigenvalue weighted by molar-refractivity contribution is 7.99. The second kappa shape index (κ2) is 14.0. The predicted octanol–water partition coefficient (Wildman–Crippen LogP) is 6.23. The molecule has 0 spiro atoms. The minimum absolute atomic E-state index is 0.0380. The van der Waals surface area contributed by atoms with Crippen molar-refractivity contribution in [1.82, 2.24) is 10.2 Å². The number of hydrogen-bond acceptors (Lipinski definition) is 3. The SMILES string of the molecule is CC(C)CNC(=O)[C@H](Cc1ccccc1)N(Cc1ccc(Cl)cc1)C(=O)CCSc1ccccc1. The van der Waals surface area contributed by atoms with Crippen LogP contribution in [0.3, 0.4) is 0 Å². The zero-order chi connectivity index (χ0) is 25.0. The molecule has 0 aliphatic heterocycles. The van der Waals surface area contributed by atoms with Crippen LogP contribution in [-0.2, 0) is 22.6 Å². The summed E-state index contributed by atoms with van der Waals surface area (Å²) in [6, 6.07) is 26.8. The Hall–Kier alpha value is -2.76. The van der Waals surface area contributed by atoms with Gasteiger partial charge in [-0.1, -0.05) is 86.1 Å². The van der Waals surface area contributed by atoms with Crippen molar-refractivity contribution < 1.29 is 9.59 Å². The molecule has 1 atom stereocenters. The highest BCUT2D eigenvalue weighted by atomic mass is 35.5. The molecule has 184 valence electrons. The molecule has 0 aromatic heterocycles. The van der Waals surface area contributed by atoms with E-state index >= 15 is 0 Å². The maximum absolute atomic E-state index is 13.6. The average Bonchev–Trinajstić information content (AvgIpc) is 2.87. The summed E-state index contributed by atoms with van der Waals surface area (Å²) in [5.74, 6) is 0.801. The molecule has 0 fully saturated rings. The summed E-state index contributed by atoms with van der Waals surface area (Å²) < 4.78 is 0. The van der Waals surface area contributed by atoms with E-state index in [1.54, 1.807) is 16.7 Å². The van der Waals surface area contributed by atoms with Crippen LogP contribution in [0.5, 0.6) is 0 Å².